The maximum absolute atomic E-state index is 15.3. The molecule has 1 spiro atoms. The molecule has 2 aliphatic heterocycles. The molecule has 8 heteroatoms. The van der Waals surface area contributed by atoms with Crippen LogP contribution in [0.2, 0.25) is 0 Å². The molecule has 196 valence electrons. The quantitative estimate of drug-likeness (QED) is 0.211. The molecular formula is C29H35FN4O3. The van der Waals surface area contributed by atoms with Gasteiger partial charge in [0.05, 0.1) is 29.4 Å². The van der Waals surface area contributed by atoms with E-state index in [9.17, 15) is 4.79 Å². The van der Waals surface area contributed by atoms with Crippen molar-refractivity contribution in [1.29, 1.82) is 0 Å². The summed E-state index contributed by atoms with van der Waals surface area (Å²) in [5.74, 6) is 0.192. The van der Waals surface area contributed by atoms with E-state index in [0.717, 1.165) is 48.0 Å². The maximum Gasteiger partial charge on any atom is 0.238 e. The summed E-state index contributed by atoms with van der Waals surface area (Å²) >= 11 is 0. The van der Waals surface area contributed by atoms with Crippen molar-refractivity contribution in [2.45, 2.75) is 50.5 Å². The standard InChI is InChI=1S/C29H35FN4O3/c1-19(6-9-26(31-2)37-13-5-12-33(3)4)21-16-22-24(17-23(21)30)32-18-25-27(22)29(10-14-36-15-11-29)28(35)34(25)20-7-8-20/h6,9,16-18,20H,2,5,7-8,10-15H2,1,3-4H3/b19-6+,26-9+. The molecule has 1 saturated carbocycles. The first kappa shape index (κ1) is 25.5. The Bertz CT molecular complexity index is 1280. The number of ether oxygens (including phenoxy) is 2. The fourth-order valence-electron chi connectivity index (χ4n) is 5.51. The predicted molar refractivity (Wildman–Crippen MR) is 144 cm³/mol. The average molecular weight is 507 g/mol. The highest BCUT2D eigenvalue weighted by molar-refractivity contribution is 6.13. The second-order valence-corrected chi connectivity index (χ2v) is 10.5. The van der Waals surface area contributed by atoms with Crippen LogP contribution in [0.25, 0.3) is 16.5 Å². The van der Waals surface area contributed by atoms with E-state index in [2.05, 4.69) is 21.6 Å². The molecule has 0 N–H and O–H groups in total. The second kappa shape index (κ2) is 10.3. The van der Waals surface area contributed by atoms with Crippen molar-refractivity contribution in [3.8, 4) is 0 Å². The number of carbonyl (C=O) groups is 1. The van der Waals surface area contributed by atoms with Crippen LogP contribution in [0.1, 0.15) is 50.2 Å². The number of amides is 1. The zero-order valence-corrected chi connectivity index (χ0v) is 21.9. The summed E-state index contributed by atoms with van der Waals surface area (Å²) in [4.78, 5) is 26.4. The number of aromatic nitrogens is 1. The molecule has 3 aliphatic rings. The van der Waals surface area contributed by atoms with E-state index in [1.54, 1.807) is 18.3 Å². The minimum atomic E-state index is -0.635. The Morgan fingerprint density at radius 3 is 2.76 bits per heavy atom. The SMILES string of the molecule is C=N/C(=C\C=C(/C)c1cc2c3c(cnc2cc1F)N(C1CC1)C(=O)C31CCOCC1)OCCCN(C)C. The molecule has 0 atom stereocenters. The van der Waals surface area contributed by atoms with Gasteiger partial charge in [-0.05, 0) is 71.5 Å². The monoisotopic (exact) mass is 506 g/mol. The lowest BCUT2D eigenvalue weighted by Crippen LogP contribution is -2.44. The summed E-state index contributed by atoms with van der Waals surface area (Å²) < 4.78 is 26.7. The van der Waals surface area contributed by atoms with Gasteiger partial charge in [0.15, 0.2) is 0 Å². The maximum atomic E-state index is 15.3. The van der Waals surface area contributed by atoms with E-state index in [0.29, 0.717) is 49.6 Å². The third kappa shape index (κ3) is 4.80. The molecule has 1 aromatic heterocycles. The summed E-state index contributed by atoms with van der Waals surface area (Å²) in [6, 6.07) is 3.57. The number of benzene rings is 1. The van der Waals surface area contributed by atoms with Gasteiger partial charge in [-0.1, -0.05) is 6.08 Å². The van der Waals surface area contributed by atoms with Crippen molar-refractivity contribution < 1.29 is 18.7 Å². The molecule has 1 saturated heterocycles. The van der Waals surface area contributed by atoms with Crippen LogP contribution in [0.4, 0.5) is 10.1 Å². The van der Waals surface area contributed by atoms with Gasteiger partial charge in [-0.2, -0.15) is 0 Å². The first-order valence-corrected chi connectivity index (χ1v) is 13.0. The number of anilines is 1. The molecule has 3 heterocycles. The third-order valence-corrected chi connectivity index (χ3v) is 7.62. The van der Waals surface area contributed by atoms with Crippen LogP contribution < -0.4 is 4.90 Å². The molecule has 0 bridgehead atoms. The zero-order valence-electron chi connectivity index (χ0n) is 21.9. The predicted octanol–water partition coefficient (Wildman–Crippen LogP) is 4.84. The Morgan fingerprint density at radius 2 is 2.08 bits per heavy atom. The lowest BCUT2D eigenvalue weighted by molar-refractivity contribution is -0.126. The van der Waals surface area contributed by atoms with Gasteiger partial charge in [-0.15, -0.1) is 0 Å². The molecule has 1 aromatic carbocycles. The third-order valence-electron chi connectivity index (χ3n) is 7.62. The summed E-state index contributed by atoms with van der Waals surface area (Å²) in [5, 5.41) is 0.839. The summed E-state index contributed by atoms with van der Waals surface area (Å²) in [5.41, 5.74) is 2.99. The zero-order chi connectivity index (χ0) is 26.2. The Balaban J connectivity index is 1.52. The lowest BCUT2D eigenvalue weighted by atomic mass is 9.74. The fourth-order valence-corrected chi connectivity index (χ4v) is 5.51. The number of pyridine rings is 1. The topological polar surface area (TPSA) is 67.3 Å². The fraction of sp³-hybridized carbons (Fsp3) is 0.483. The molecule has 37 heavy (non-hydrogen) atoms. The van der Waals surface area contributed by atoms with Crippen molar-refractivity contribution >= 4 is 34.8 Å². The van der Waals surface area contributed by atoms with Crippen LogP contribution in [0, 0.1) is 5.82 Å². The number of hydrogen-bond acceptors (Lipinski definition) is 6. The summed E-state index contributed by atoms with van der Waals surface area (Å²) in [6.07, 6.45) is 9.42. The van der Waals surface area contributed by atoms with Crippen molar-refractivity contribution in [2.75, 3.05) is 45.4 Å². The minimum Gasteiger partial charge on any atom is -0.478 e. The van der Waals surface area contributed by atoms with Gasteiger partial charge < -0.3 is 19.3 Å². The lowest BCUT2D eigenvalue weighted by Gasteiger charge is -2.33. The van der Waals surface area contributed by atoms with Crippen LogP contribution in [0.3, 0.4) is 0 Å². The Labute approximate surface area is 217 Å². The number of nitrogens with zero attached hydrogens (tertiary/aromatic N) is 4. The van der Waals surface area contributed by atoms with Gasteiger partial charge >= 0.3 is 0 Å². The van der Waals surface area contributed by atoms with Gasteiger partial charge in [-0.3, -0.25) is 9.78 Å². The highest BCUT2D eigenvalue weighted by atomic mass is 19.1. The number of fused-ring (bicyclic) bond motifs is 4. The van der Waals surface area contributed by atoms with Crippen molar-refractivity contribution in [2.24, 2.45) is 4.99 Å². The largest absolute Gasteiger partial charge is 0.478 e. The smallest absolute Gasteiger partial charge is 0.238 e. The van der Waals surface area contributed by atoms with Crippen LogP contribution >= 0.6 is 0 Å². The summed E-state index contributed by atoms with van der Waals surface area (Å²) in [6.45, 7) is 7.96. The Kier molecular flexibility index (Phi) is 7.14. The van der Waals surface area contributed by atoms with Gasteiger partial charge in [-0.25, -0.2) is 9.38 Å². The Morgan fingerprint density at radius 1 is 1.32 bits per heavy atom. The van der Waals surface area contributed by atoms with E-state index in [1.807, 2.05) is 32.0 Å². The van der Waals surface area contributed by atoms with E-state index in [4.69, 9.17) is 9.47 Å². The average Bonchev–Trinajstić information content (AvgIpc) is 3.69. The van der Waals surface area contributed by atoms with E-state index < -0.39 is 5.41 Å². The van der Waals surface area contributed by atoms with Crippen LogP contribution in [0.5, 0.6) is 0 Å². The molecular weight excluding hydrogens is 471 g/mol. The molecule has 2 aromatic rings. The van der Waals surface area contributed by atoms with Crippen LogP contribution in [0.15, 0.2) is 41.4 Å². The normalized spacial score (nSPS) is 19.7. The molecule has 0 radical (unpaired) electrons. The second-order valence-electron chi connectivity index (χ2n) is 10.5. The van der Waals surface area contributed by atoms with E-state index >= 15 is 4.39 Å². The van der Waals surface area contributed by atoms with Crippen molar-refractivity contribution in [3.63, 3.8) is 0 Å². The van der Waals surface area contributed by atoms with Crippen LogP contribution in [-0.4, -0.2) is 69.0 Å². The molecule has 0 unspecified atom stereocenters. The first-order valence-electron chi connectivity index (χ1n) is 13.0. The summed E-state index contributed by atoms with van der Waals surface area (Å²) in [7, 11) is 4.03. The van der Waals surface area contributed by atoms with Crippen LogP contribution in [-0.2, 0) is 19.7 Å². The van der Waals surface area contributed by atoms with Crippen molar-refractivity contribution in [1.82, 2.24) is 9.88 Å². The molecule has 1 amide bonds. The van der Waals surface area contributed by atoms with E-state index in [1.165, 1.54) is 6.07 Å². The molecule has 1 aliphatic carbocycles. The van der Waals surface area contributed by atoms with Gasteiger partial charge in [0.2, 0.25) is 11.8 Å². The number of allylic oxidation sites excluding steroid dienone is 3. The van der Waals surface area contributed by atoms with Crippen molar-refractivity contribution in [3.05, 3.63) is 53.3 Å². The minimum absolute atomic E-state index is 0.150. The number of rotatable bonds is 9. The first-order chi connectivity index (χ1) is 17.9. The highest BCUT2D eigenvalue weighted by Crippen LogP contribution is 2.53. The highest BCUT2D eigenvalue weighted by Gasteiger charge is 2.55. The number of halogens is 1. The molecule has 7 nitrogen and oxygen atoms in total. The molecule has 5 rings (SSSR count). The number of hydrogen-bond donors (Lipinski definition) is 0. The van der Waals surface area contributed by atoms with Gasteiger partial charge in [0, 0.05) is 54.5 Å². The van der Waals surface area contributed by atoms with E-state index in [-0.39, 0.29) is 17.8 Å². The molecule has 2 fully saturated rings. The number of aliphatic imine (C=N–C) groups is 1. The number of carbonyl (C=O) groups excluding carboxylic acids is 1. The van der Waals surface area contributed by atoms with Gasteiger partial charge in [0.25, 0.3) is 0 Å². The van der Waals surface area contributed by atoms with Gasteiger partial charge in [0.1, 0.15) is 5.82 Å². The Hall–Kier alpha value is -3.10.